The van der Waals surface area contributed by atoms with Gasteiger partial charge in [-0.05, 0) is 6.07 Å². The zero-order valence-corrected chi connectivity index (χ0v) is 11.8. The Morgan fingerprint density at radius 3 is 2.79 bits per heavy atom. The highest BCUT2D eigenvalue weighted by Gasteiger charge is 2.17. The quantitative estimate of drug-likeness (QED) is 0.763. The molecule has 96 valence electrons. The molecule has 0 radical (unpaired) electrons. The molecule has 3 aromatic rings. The van der Waals surface area contributed by atoms with Crippen molar-refractivity contribution in [3.8, 4) is 22.4 Å². The molecule has 3 N–H and O–H groups in total. The number of aromatic nitrogens is 4. The smallest absolute Gasteiger partial charge is 0.153 e. The van der Waals surface area contributed by atoms with E-state index >= 15 is 0 Å². The molecule has 0 aliphatic heterocycles. The number of anilines is 1. The van der Waals surface area contributed by atoms with Gasteiger partial charge >= 0.3 is 0 Å². The Labute approximate surface area is 118 Å². The Kier molecular flexibility index (Phi) is 2.87. The van der Waals surface area contributed by atoms with Crippen LogP contribution in [0.3, 0.4) is 0 Å². The number of hydrogen-bond donors (Lipinski definition) is 2. The van der Waals surface area contributed by atoms with Gasteiger partial charge in [-0.15, -0.1) is 0 Å². The minimum absolute atomic E-state index is 0.478. The van der Waals surface area contributed by atoms with Crippen LogP contribution in [0.4, 0.5) is 5.82 Å². The average Bonchev–Trinajstić information content (AvgIpc) is 2.96. The zero-order chi connectivity index (χ0) is 13.4. The van der Waals surface area contributed by atoms with Crippen molar-refractivity contribution in [2.45, 2.75) is 0 Å². The summed E-state index contributed by atoms with van der Waals surface area (Å²) in [6, 6.07) is 7.92. The number of halogens is 1. The van der Waals surface area contributed by atoms with E-state index in [1.54, 1.807) is 10.9 Å². The first-order valence-corrected chi connectivity index (χ1v) is 6.54. The third kappa shape index (κ3) is 2.04. The van der Waals surface area contributed by atoms with Gasteiger partial charge in [0.2, 0.25) is 0 Å². The van der Waals surface area contributed by atoms with Gasteiger partial charge in [0.05, 0.1) is 17.5 Å². The van der Waals surface area contributed by atoms with Crippen molar-refractivity contribution >= 4 is 21.7 Å². The maximum atomic E-state index is 6.00. The van der Waals surface area contributed by atoms with E-state index in [2.05, 4.69) is 31.2 Å². The molecule has 0 bridgehead atoms. The number of aryl methyl sites for hydroxylation is 1. The van der Waals surface area contributed by atoms with E-state index in [9.17, 15) is 0 Å². The number of nitrogens with zero attached hydrogens (tertiary/aromatic N) is 3. The van der Waals surface area contributed by atoms with Crippen molar-refractivity contribution in [1.82, 2.24) is 20.0 Å². The lowest BCUT2D eigenvalue weighted by Gasteiger charge is -2.05. The number of benzene rings is 1. The Morgan fingerprint density at radius 1 is 1.32 bits per heavy atom. The van der Waals surface area contributed by atoms with Gasteiger partial charge in [0.25, 0.3) is 0 Å². The van der Waals surface area contributed by atoms with Gasteiger partial charge in [-0.3, -0.25) is 9.78 Å². The Bertz CT molecular complexity index is 728. The van der Waals surface area contributed by atoms with Gasteiger partial charge in [0, 0.05) is 28.8 Å². The first-order valence-electron chi connectivity index (χ1n) is 5.74. The molecule has 0 fully saturated rings. The summed E-state index contributed by atoms with van der Waals surface area (Å²) in [7, 11) is 1.88. The van der Waals surface area contributed by atoms with Gasteiger partial charge in [0.15, 0.2) is 5.82 Å². The normalized spacial score (nSPS) is 10.8. The molecule has 19 heavy (non-hydrogen) atoms. The van der Waals surface area contributed by atoms with Crippen LogP contribution in [0, 0.1) is 0 Å². The van der Waals surface area contributed by atoms with E-state index in [1.165, 1.54) is 0 Å². The molecular weight excluding hydrogens is 306 g/mol. The van der Waals surface area contributed by atoms with E-state index in [-0.39, 0.29) is 0 Å². The minimum Gasteiger partial charge on any atom is -0.382 e. The van der Waals surface area contributed by atoms with Crippen molar-refractivity contribution in [2.24, 2.45) is 7.05 Å². The largest absolute Gasteiger partial charge is 0.382 e. The zero-order valence-electron chi connectivity index (χ0n) is 10.3. The van der Waals surface area contributed by atoms with E-state index in [1.807, 2.05) is 37.5 Å². The Morgan fingerprint density at radius 2 is 2.11 bits per heavy atom. The van der Waals surface area contributed by atoms with Crippen LogP contribution in [-0.2, 0) is 7.05 Å². The number of aromatic amines is 1. The number of nitrogens with two attached hydrogens (primary N) is 1. The molecule has 0 spiro atoms. The monoisotopic (exact) mass is 317 g/mol. The van der Waals surface area contributed by atoms with Crippen molar-refractivity contribution in [3.05, 3.63) is 41.1 Å². The molecule has 0 atom stereocenters. The standard InChI is InChI=1S/C13H12BrN5/c1-19-7-8(6-16-19)12-11(13(15)18-17-12)9-4-2-3-5-10(9)14/h2-7H,1H3,(H3,15,17,18). The van der Waals surface area contributed by atoms with Gasteiger partial charge < -0.3 is 5.73 Å². The fourth-order valence-corrected chi connectivity index (χ4v) is 2.53. The fraction of sp³-hybridized carbons (Fsp3) is 0.0769. The third-order valence-electron chi connectivity index (χ3n) is 2.93. The highest BCUT2D eigenvalue weighted by atomic mass is 79.9. The van der Waals surface area contributed by atoms with Crippen LogP contribution < -0.4 is 5.73 Å². The first kappa shape index (κ1) is 12.0. The maximum Gasteiger partial charge on any atom is 0.153 e. The molecule has 0 aliphatic rings. The number of H-pyrrole nitrogens is 1. The van der Waals surface area contributed by atoms with E-state index in [0.717, 1.165) is 26.9 Å². The van der Waals surface area contributed by atoms with Gasteiger partial charge in [-0.25, -0.2) is 0 Å². The maximum absolute atomic E-state index is 6.00. The summed E-state index contributed by atoms with van der Waals surface area (Å²) in [6.07, 6.45) is 3.71. The molecule has 0 aliphatic carbocycles. The van der Waals surface area contributed by atoms with Gasteiger partial charge in [-0.2, -0.15) is 10.2 Å². The first-order chi connectivity index (χ1) is 9.16. The summed E-state index contributed by atoms with van der Waals surface area (Å²) in [5.74, 6) is 0.478. The van der Waals surface area contributed by atoms with Crippen LogP contribution in [0.25, 0.3) is 22.4 Å². The van der Waals surface area contributed by atoms with E-state index < -0.39 is 0 Å². The number of nitrogen functional groups attached to an aromatic ring is 1. The van der Waals surface area contributed by atoms with E-state index in [0.29, 0.717) is 5.82 Å². The van der Waals surface area contributed by atoms with Crippen molar-refractivity contribution < 1.29 is 0 Å². The van der Waals surface area contributed by atoms with Gasteiger partial charge in [-0.1, -0.05) is 34.1 Å². The van der Waals surface area contributed by atoms with Crippen molar-refractivity contribution in [2.75, 3.05) is 5.73 Å². The molecule has 0 amide bonds. The molecular formula is C13H12BrN5. The fourth-order valence-electron chi connectivity index (χ4n) is 2.05. The summed E-state index contributed by atoms with van der Waals surface area (Å²) >= 11 is 3.55. The van der Waals surface area contributed by atoms with Crippen LogP contribution >= 0.6 is 15.9 Å². The van der Waals surface area contributed by atoms with Crippen LogP contribution in [0.1, 0.15) is 0 Å². The van der Waals surface area contributed by atoms with Crippen molar-refractivity contribution in [3.63, 3.8) is 0 Å². The summed E-state index contributed by atoms with van der Waals surface area (Å²) in [4.78, 5) is 0. The van der Waals surface area contributed by atoms with Crippen LogP contribution in [-0.4, -0.2) is 20.0 Å². The summed E-state index contributed by atoms with van der Waals surface area (Å²) < 4.78 is 2.73. The van der Waals surface area contributed by atoms with Crippen LogP contribution in [0.15, 0.2) is 41.1 Å². The summed E-state index contributed by atoms with van der Waals surface area (Å²) in [5.41, 5.74) is 9.72. The molecule has 6 heteroatoms. The highest BCUT2D eigenvalue weighted by molar-refractivity contribution is 9.10. The second-order valence-electron chi connectivity index (χ2n) is 4.24. The minimum atomic E-state index is 0.478. The molecule has 3 rings (SSSR count). The average molecular weight is 318 g/mol. The molecule has 2 heterocycles. The molecule has 2 aromatic heterocycles. The summed E-state index contributed by atoms with van der Waals surface area (Å²) in [5, 5.41) is 11.3. The predicted molar refractivity (Wildman–Crippen MR) is 78.3 cm³/mol. The lowest BCUT2D eigenvalue weighted by atomic mass is 10.0. The number of nitrogens with one attached hydrogen (secondary N) is 1. The second kappa shape index (κ2) is 4.55. The van der Waals surface area contributed by atoms with Crippen LogP contribution in [0.5, 0.6) is 0 Å². The number of rotatable bonds is 2. The summed E-state index contributed by atoms with van der Waals surface area (Å²) in [6.45, 7) is 0. The van der Waals surface area contributed by atoms with Crippen LogP contribution in [0.2, 0.25) is 0 Å². The molecule has 5 nitrogen and oxygen atoms in total. The Balaban J connectivity index is 2.22. The third-order valence-corrected chi connectivity index (χ3v) is 3.62. The Hall–Kier alpha value is -2.08. The topological polar surface area (TPSA) is 72.5 Å². The molecule has 1 aromatic carbocycles. The molecule has 0 unspecified atom stereocenters. The molecule has 0 saturated carbocycles. The number of hydrogen-bond acceptors (Lipinski definition) is 3. The second-order valence-corrected chi connectivity index (χ2v) is 5.10. The SMILES string of the molecule is Cn1cc(-c2[nH]nc(N)c2-c2ccccc2Br)cn1. The molecule has 0 saturated heterocycles. The highest BCUT2D eigenvalue weighted by Crippen LogP contribution is 2.38. The predicted octanol–water partition coefficient (Wildman–Crippen LogP) is 2.82. The lowest BCUT2D eigenvalue weighted by molar-refractivity contribution is 0.768. The van der Waals surface area contributed by atoms with Gasteiger partial charge in [0.1, 0.15) is 0 Å². The lowest BCUT2D eigenvalue weighted by Crippen LogP contribution is -1.89. The van der Waals surface area contributed by atoms with E-state index in [4.69, 9.17) is 5.73 Å². The van der Waals surface area contributed by atoms with Crippen molar-refractivity contribution in [1.29, 1.82) is 0 Å².